The molecule has 0 N–H and O–H groups in total. The predicted molar refractivity (Wildman–Crippen MR) is 45.4 cm³/mol. The highest BCUT2D eigenvalue weighted by Crippen LogP contribution is 2.52. The van der Waals surface area contributed by atoms with Crippen molar-refractivity contribution in [1.29, 1.82) is 0 Å². The second kappa shape index (κ2) is 4.04. The van der Waals surface area contributed by atoms with Gasteiger partial charge < -0.3 is 9.05 Å². The minimum absolute atomic E-state index is 0.253. The molecular weight excluding hydrogens is 270 g/mol. The molecule has 17 heavy (non-hydrogen) atoms. The Labute approximate surface area is 91.7 Å². The number of hydrogen-bond acceptors (Lipinski definition) is 3. The van der Waals surface area contributed by atoms with Crippen molar-refractivity contribution in [2.45, 2.75) is 0 Å². The van der Waals surface area contributed by atoms with Crippen LogP contribution in [0.25, 0.3) is 0 Å². The van der Waals surface area contributed by atoms with Crippen LogP contribution in [0.4, 0.5) is 22.0 Å². The smallest absolute Gasteiger partial charge is 0.303 e. The van der Waals surface area contributed by atoms with Crippen molar-refractivity contribution in [2.24, 2.45) is 0 Å². The first-order valence-electron chi connectivity index (χ1n) is 4.29. The van der Waals surface area contributed by atoms with Crippen molar-refractivity contribution in [2.75, 3.05) is 13.2 Å². The summed E-state index contributed by atoms with van der Waals surface area (Å²) >= 11 is 0. The highest BCUT2D eigenvalue weighted by atomic mass is 31.2. The summed E-state index contributed by atoms with van der Waals surface area (Å²) in [6.07, 6.45) is 0. The molecule has 2 rings (SSSR count). The average molecular weight is 274 g/mol. The summed E-state index contributed by atoms with van der Waals surface area (Å²) in [5.74, 6) is -11.1. The molecule has 0 aromatic heterocycles. The predicted octanol–water partition coefficient (Wildman–Crippen LogP) is 2.25. The van der Waals surface area contributed by atoms with Crippen molar-refractivity contribution < 1.29 is 35.6 Å². The van der Waals surface area contributed by atoms with Crippen LogP contribution in [0.5, 0.6) is 0 Å². The van der Waals surface area contributed by atoms with E-state index in [-0.39, 0.29) is 13.2 Å². The van der Waals surface area contributed by atoms with E-state index in [9.17, 15) is 26.5 Å². The fourth-order valence-electron chi connectivity index (χ4n) is 1.32. The number of rotatable bonds is 1. The molecule has 1 saturated heterocycles. The van der Waals surface area contributed by atoms with Crippen molar-refractivity contribution in [3.8, 4) is 0 Å². The van der Waals surface area contributed by atoms with Crippen LogP contribution in [0, 0.1) is 29.1 Å². The molecule has 1 heterocycles. The van der Waals surface area contributed by atoms with Crippen LogP contribution in [-0.2, 0) is 13.6 Å². The van der Waals surface area contributed by atoms with Gasteiger partial charge in [0.05, 0.1) is 13.2 Å². The van der Waals surface area contributed by atoms with Gasteiger partial charge in [-0.3, -0.25) is 4.57 Å². The summed E-state index contributed by atoms with van der Waals surface area (Å²) in [4.78, 5) is 0. The number of benzene rings is 1. The van der Waals surface area contributed by atoms with E-state index in [0.29, 0.717) is 0 Å². The Morgan fingerprint density at radius 2 is 1.12 bits per heavy atom. The van der Waals surface area contributed by atoms with Crippen LogP contribution < -0.4 is 5.30 Å². The maximum atomic E-state index is 13.2. The Balaban J connectivity index is 2.74. The van der Waals surface area contributed by atoms with Crippen molar-refractivity contribution in [1.82, 2.24) is 0 Å². The molecular formula is C8H4F5O3P. The highest BCUT2D eigenvalue weighted by Gasteiger charge is 2.42. The second-order valence-electron chi connectivity index (χ2n) is 3.08. The minimum Gasteiger partial charge on any atom is -0.303 e. The fraction of sp³-hybridized carbons (Fsp3) is 0.250. The third-order valence-electron chi connectivity index (χ3n) is 2.07. The van der Waals surface area contributed by atoms with Gasteiger partial charge in [0, 0.05) is 0 Å². The molecule has 0 spiro atoms. The van der Waals surface area contributed by atoms with E-state index in [2.05, 4.69) is 9.05 Å². The van der Waals surface area contributed by atoms with Gasteiger partial charge in [-0.1, -0.05) is 0 Å². The molecule has 0 radical (unpaired) electrons. The largest absolute Gasteiger partial charge is 0.367 e. The van der Waals surface area contributed by atoms with Crippen molar-refractivity contribution >= 4 is 12.9 Å². The lowest BCUT2D eigenvalue weighted by atomic mass is 10.3. The van der Waals surface area contributed by atoms with Crippen LogP contribution in [0.1, 0.15) is 0 Å². The van der Waals surface area contributed by atoms with Gasteiger partial charge in [-0.05, 0) is 0 Å². The van der Waals surface area contributed by atoms with Crippen LogP contribution >= 0.6 is 7.60 Å². The van der Waals surface area contributed by atoms with Gasteiger partial charge in [-0.25, -0.2) is 22.0 Å². The van der Waals surface area contributed by atoms with Gasteiger partial charge in [0.15, 0.2) is 23.3 Å². The lowest BCUT2D eigenvalue weighted by molar-refractivity contribution is 0.351. The Bertz CT molecular complexity index is 493. The fourth-order valence-corrected chi connectivity index (χ4v) is 2.95. The summed E-state index contributed by atoms with van der Waals surface area (Å²) in [6, 6.07) is 0. The molecule has 3 nitrogen and oxygen atoms in total. The molecule has 1 aromatic rings. The van der Waals surface area contributed by atoms with Gasteiger partial charge in [0.2, 0.25) is 5.82 Å². The van der Waals surface area contributed by atoms with Gasteiger partial charge in [0.1, 0.15) is 5.30 Å². The average Bonchev–Trinajstić information content (AvgIpc) is 2.71. The first-order valence-corrected chi connectivity index (χ1v) is 5.84. The molecule has 94 valence electrons. The van der Waals surface area contributed by atoms with E-state index in [1.165, 1.54) is 0 Å². The molecule has 1 aliphatic heterocycles. The monoisotopic (exact) mass is 274 g/mol. The molecule has 0 aliphatic carbocycles. The summed E-state index contributed by atoms with van der Waals surface area (Å²) in [5.41, 5.74) is 0. The Morgan fingerprint density at radius 3 is 1.53 bits per heavy atom. The Kier molecular flexibility index (Phi) is 2.97. The standard InChI is InChI=1S/C8H4F5O3P/c9-3-4(10)6(12)8(7(13)5(3)11)17(14)15-1-2-16-17/h1-2H2. The first-order chi connectivity index (χ1) is 7.88. The maximum Gasteiger partial charge on any atom is 0.367 e. The number of hydrogen-bond donors (Lipinski definition) is 0. The lowest BCUT2D eigenvalue weighted by Gasteiger charge is -2.12. The molecule has 0 bridgehead atoms. The zero-order valence-electron chi connectivity index (χ0n) is 7.98. The van der Waals surface area contributed by atoms with Gasteiger partial charge in [-0.2, -0.15) is 0 Å². The van der Waals surface area contributed by atoms with Crippen LogP contribution in [0.2, 0.25) is 0 Å². The molecule has 9 heteroatoms. The van der Waals surface area contributed by atoms with Crippen molar-refractivity contribution in [3.05, 3.63) is 29.1 Å². The third-order valence-corrected chi connectivity index (χ3v) is 4.05. The molecule has 1 aromatic carbocycles. The van der Waals surface area contributed by atoms with E-state index in [0.717, 1.165) is 0 Å². The minimum atomic E-state index is -4.47. The van der Waals surface area contributed by atoms with Crippen molar-refractivity contribution in [3.63, 3.8) is 0 Å². The van der Waals surface area contributed by atoms with E-state index in [4.69, 9.17) is 0 Å². The summed E-state index contributed by atoms with van der Waals surface area (Å²) in [5, 5.41) is -1.55. The van der Waals surface area contributed by atoms with Gasteiger partial charge in [-0.15, -0.1) is 0 Å². The lowest BCUT2D eigenvalue weighted by Crippen LogP contribution is -2.21. The molecule has 0 unspecified atom stereocenters. The van der Waals surface area contributed by atoms with Gasteiger partial charge >= 0.3 is 7.60 Å². The zero-order valence-corrected chi connectivity index (χ0v) is 8.87. The highest BCUT2D eigenvalue weighted by molar-refractivity contribution is 7.62. The van der Waals surface area contributed by atoms with E-state index in [1.54, 1.807) is 0 Å². The van der Waals surface area contributed by atoms with Crippen LogP contribution in [0.3, 0.4) is 0 Å². The quantitative estimate of drug-likeness (QED) is 0.341. The molecule has 0 amide bonds. The Morgan fingerprint density at radius 1 is 0.765 bits per heavy atom. The summed E-state index contributed by atoms with van der Waals surface area (Å²) in [7, 11) is -4.47. The van der Waals surface area contributed by atoms with E-state index < -0.39 is 42.0 Å². The van der Waals surface area contributed by atoms with E-state index >= 15 is 0 Å². The van der Waals surface area contributed by atoms with Gasteiger partial charge in [0.25, 0.3) is 0 Å². The number of halogens is 5. The van der Waals surface area contributed by atoms with Crippen LogP contribution in [-0.4, -0.2) is 13.2 Å². The zero-order chi connectivity index (χ0) is 12.8. The second-order valence-corrected chi connectivity index (χ2v) is 5.04. The SMILES string of the molecule is O=P1(c2c(F)c(F)c(F)c(F)c2F)OCCO1. The summed E-state index contributed by atoms with van der Waals surface area (Å²) < 4.78 is 85.4. The third kappa shape index (κ3) is 1.76. The van der Waals surface area contributed by atoms with E-state index in [1.807, 2.05) is 0 Å². The first kappa shape index (κ1) is 12.5. The molecule has 1 aliphatic rings. The Hall–Kier alpha value is -0.980. The molecule has 0 atom stereocenters. The molecule has 0 saturated carbocycles. The van der Waals surface area contributed by atoms with Crippen LogP contribution in [0.15, 0.2) is 0 Å². The molecule has 1 fully saturated rings. The summed E-state index contributed by atoms with van der Waals surface area (Å²) in [6.45, 7) is -0.506. The normalized spacial score (nSPS) is 18.6. The maximum absolute atomic E-state index is 13.2. The topological polar surface area (TPSA) is 35.5 Å².